The Hall–Kier alpha value is -2.14. The number of carbonyl (C=O) groups is 1. The highest BCUT2D eigenvalue weighted by molar-refractivity contribution is 5.73. The van der Waals surface area contributed by atoms with Crippen LogP contribution in [0.2, 0.25) is 0 Å². The van der Waals surface area contributed by atoms with Crippen molar-refractivity contribution in [3.05, 3.63) is 42.1 Å². The van der Waals surface area contributed by atoms with Crippen LogP contribution in [0.1, 0.15) is 12.1 Å². The minimum atomic E-state index is -0.304. The molecule has 1 aromatic carbocycles. The normalized spacial score (nSPS) is 9.83. The molecule has 0 radical (unpaired) electrons. The molecule has 0 aliphatic rings. The summed E-state index contributed by atoms with van der Waals surface area (Å²) in [5.74, 6) is -0.304. The van der Waals surface area contributed by atoms with E-state index in [1.54, 1.807) is 0 Å². The molecule has 0 fully saturated rings. The number of primary amides is 1. The quantitative estimate of drug-likeness (QED) is 0.869. The largest absolute Gasteiger partial charge is 0.412 e. The van der Waals surface area contributed by atoms with E-state index in [4.69, 9.17) is 5.73 Å². The molecule has 18 heavy (non-hydrogen) atoms. The van der Waals surface area contributed by atoms with Crippen molar-refractivity contribution in [2.45, 2.75) is 19.9 Å². The molecular formula is C13H17N3O2. The minimum absolute atomic E-state index is 0. The van der Waals surface area contributed by atoms with Gasteiger partial charge in [0.25, 0.3) is 0 Å². The number of hydrogen-bond donors (Lipinski definition) is 1. The number of benzene rings is 1. The maximum Gasteiger partial charge on any atom is 0.219 e. The van der Waals surface area contributed by atoms with Gasteiger partial charge in [-0.05, 0) is 13.0 Å². The Balaban J connectivity index is 0.00000162. The lowest BCUT2D eigenvalue weighted by Gasteiger charge is -2.01. The van der Waals surface area contributed by atoms with Gasteiger partial charge in [-0.15, -0.1) is 0 Å². The van der Waals surface area contributed by atoms with Gasteiger partial charge in [0.15, 0.2) is 0 Å². The molecule has 0 saturated carbocycles. The Kier molecular flexibility index (Phi) is 4.62. The van der Waals surface area contributed by atoms with Crippen LogP contribution >= 0.6 is 0 Å². The van der Waals surface area contributed by atoms with Crippen LogP contribution in [0.5, 0.6) is 0 Å². The van der Waals surface area contributed by atoms with Gasteiger partial charge < -0.3 is 11.2 Å². The van der Waals surface area contributed by atoms with Crippen molar-refractivity contribution in [1.29, 1.82) is 0 Å². The zero-order valence-electron chi connectivity index (χ0n) is 10.3. The number of aryl methyl sites for hydroxylation is 2. The fraction of sp³-hybridized carbons (Fsp3) is 0.231. The molecule has 96 valence electrons. The Morgan fingerprint density at radius 2 is 2.00 bits per heavy atom. The predicted octanol–water partition coefficient (Wildman–Crippen LogP) is 0.909. The van der Waals surface area contributed by atoms with Crippen LogP contribution in [-0.4, -0.2) is 21.2 Å². The van der Waals surface area contributed by atoms with E-state index in [1.807, 2.05) is 48.0 Å². The third-order valence-electron chi connectivity index (χ3n) is 2.62. The molecule has 2 aromatic rings. The van der Waals surface area contributed by atoms with E-state index in [9.17, 15) is 4.79 Å². The Bertz CT molecular complexity index is 520. The maximum absolute atomic E-state index is 10.7. The number of nitrogens with two attached hydrogens (primary N) is 1. The van der Waals surface area contributed by atoms with Gasteiger partial charge in [0.2, 0.25) is 5.91 Å². The number of hydrogen-bond acceptors (Lipinski definition) is 2. The molecule has 0 saturated heterocycles. The summed E-state index contributed by atoms with van der Waals surface area (Å²) in [5.41, 5.74) is 8.16. The number of aromatic nitrogens is 2. The van der Waals surface area contributed by atoms with Crippen molar-refractivity contribution in [3.8, 4) is 11.3 Å². The number of rotatable bonds is 4. The van der Waals surface area contributed by atoms with E-state index < -0.39 is 0 Å². The molecule has 0 aliphatic carbocycles. The monoisotopic (exact) mass is 247 g/mol. The summed E-state index contributed by atoms with van der Waals surface area (Å²) in [6, 6.07) is 12.0. The van der Waals surface area contributed by atoms with Crippen LogP contribution in [-0.2, 0) is 11.3 Å². The van der Waals surface area contributed by atoms with Gasteiger partial charge in [-0.3, -0.25) is 9.48 Å². The average molecular weight is 247 g/mol. The first-order valence-electron chi connectivity index (χ1n) is 5.55. The van der Waals surface area contributed by atoms with Crippen molar-refractivity contribution >= 4 is 5.91 Å². The predicted molar refractivity (Wildman–Crippen MR) is 69.8 cm³/mol. The Morgan fingerprint density at radius 1 is 1.33 bits per heavy atom. The SMILES string of the molecule is Cc1cc(-c2ccccc2)nn1CCC(N)=O.O. The zero-order valence-corrected chi connectivity index (χ0v) is 10.3. The van der Waals surface area contributed by atoms with E-state index in [-0.39, 0.29) is 11.4 Å². The van der Waals surface area contributed by atoms with Gasteiger partial charge in [-0.25, -0.2) is 0 Å². The number of nitrogens with zero attached hydrogens (tertiary/aromatic N) is 2. The number of amides is 1. The molecule has 1 heterocycles. The lowest BCUT2D eigenvalue weighted by molar-refractivity contribution is -0.118. The fourth-order valence-electron chi connectivity index (χ4n) is 1.70. The van der Waals surface area contributed by atoms with Crippen molar-refractivity contribution in [3.63, 3.8) is 0 Å². The molecule has 5 heteroatoms. The molecule has 0 bridgehead atoms. The van der Waals surface area contributed by atoms with Crippen LogP contribution < -0.4 is 5.73 Å². The second-order valence-corrected chi connectivity index (χ2v) is 3.98. The summed E-state index contributed by atoms with van der Waals surface area (Å²) in [7, 11) is 0. The first kappa shape index (κ1) is 13.9. The Labute approximate surface area is 106 Å². The average Bonchev–Trinajstić information content (AvgIpc) is 2.69. The molecule has 1 aromatic heterocycles. The minimum Gasteiger partial charge on any atom is -0.412 e. The standard InChI is InChI=1S/C13H15N3O.H2O/c1-10-9-12(11-5-3-2-4-6-11)15-16(10)8-7-13(14)17;/h2-6,9H,7-8H2,1H3,(H2,14,17);1H2. The van der Waals surface area contributed by atoms with E-state index in [0.717, 1.165) is 17.0 Å². The fourth-order valence-corrected chi connectivity index (χ4v) is 1.70. The highest BCUT2D eigenvalue weighted by Crippen LogP contribution is 2.18. The topological polar surface area (TPSA) is 92.4 Å². The van der Waals surface area contributed by atoms with Gasteiger partial charge >= 0.3 is 0 Å². The highest BCUT2D eigenvalue weighted by Gasteiger charge is 2.06. The first-order chi connectivity index (χ1) is 8.16. The van der Waals surface area contributed by atoms with Crippen LogP contribution in [0.3, 0.4) is 0 Å². The van der Waals surface area contributed by atoms with Crippen molar-refractivity contribution in [1.82, 2.24) is 9.78 Å². The molecule has 4 N–H and O–H groups in total. The van der Waals surface area contributed by atoms with Gasteiger partial charge in [0.05, 0.1) is 5.69 Å². The molecule has 5 nitrogen and oxygen atoms in total. The molecule has 2 rings (SSSR count). The summed E-state index contributed by atoms with van der Waals surface area (Å²) < 4.78 is 1.81. The summed E-state index contributed by atoms with van der Waals surface area (Å²) in [4.78, 5) is 10.7. The van der Waals surface area contributed by atoms with Crippen molar-refractivity contribution < 1.29 is 10.3 Å². The van der Waals surface area contributed by atoms with E-state index >= 15 is 0 Å². The molecule has 0 aliphatic heterocycles. The van der Waals surface area contributed by atoms with Crippen LogP contribution in [0.25, 0.3) is 11.3 Å². The second-order valence-electron chi connectivity index (χ2n) is 3.98. The third kappa shape index (κ3) is 3.18. The van der Waals surface area contributed by atoms with E-state index in [1.165, 1.54) is 0 Å². The molecule has 0 atom stereocenters. The van der Waals surface area contributed by atoms with Gasteiger partial charge in [-0.1, -0.05) is 30.3 Å². The van der Waals surface area contributed by atoms with Crippen molar-refractivity contribution in [2.24, 2.45) is 5.73 Å². The highest BCUT2D eigenvalue weighted by atomic mass is 16.1. The summed E-state index contributed by atoms with van der Waals surface area (Å²) in [6.45, 7) is 2.51. The number of carbonyl (C=O) groups excluding carboxylic acids is 1. The summed E-state index contributed by atoms with van der Waals surface area (Å²) in [5, 5.41) is 4.46. The first-order valence-corrected chi connectivity index (χ1v) is 5.55. The second kappa shape index (κ2) is 5.97. The molecule has 0 unspecified atom stereocenters. The van der Waals surface area contributed by atoms with Crippen molar-refractivity contribution in [2.75, 3.05) is 0 Å². The maximum atomic E-state index is 10.7. The Morgan fingerprint density at radius 3 is 2.61 bits per heavy atom. The van der Waals surface area contributed by atoms with E-state index in [2.05, 4.69) is 5.10 Å². The lowest BCUT2D eigenvalue weighted by Crippen LogP contribution is -2.15. The van der Waals surface area contributed by atoms with Crippen LogP contribution in [0.4, 0.5) is 0 Å². The van der Waals surface area contributed by atoms with Crippen LogP contribution in [0.15, 0.2) is 36.4 Å². The van der Waals surface area contributed by atoms with Gasteiger partial charge in [0, 0.05) is 24.2 Å². The van der Waals surface area contributed by atoms with Gasteiger partial charge in [0.1, 0.15) is 0 Å². The summed E-state index contributed by atoms with van der Waals surface area (Å²) in [6.07, 6.45) is 0.316. The lowest BCUT2D eigenvalue weighted by atomic mass is 10.1. The smallest absolute Gasteiger partial charge is 0.219 e. The van der Waals surface area contributed by atoms with Crippen LogP contribution in [0, 0.1) is 6.92 Å². The zero-order chi connectivity index (χ0) is 12.3. The summed E-state index contributed by atoms with van der Waals surface area (Å²) >= 11 is 0. The molecular weight excluding hydrogens is 230 g/mol. The van der Waals surface area contributed by atoms with Gasteiger partial charge in [-0.2, -0.15) is 5.10 Å². The molecule has 1 amide bonds. The third-order valence-corrected chi connectivity index (χ3v) is 2.62. The molecule has 0 spiro atoms. The van der Waals surface area contributed by atoms with E-state index in [0.29, 0.717) is 13.0 Å².